The molecule has 86 valence electrons. The van der Waals surface area contributed by atoms with Crippen molar-refractivity contribution in [1.29, 1.82) is 0 Å². The second-order valence-electron chi connectivity index (χ2n) is 5.44. The molecular weight excluding hydrogens is 186 g/mol. The first kappa shape index (κ1) is 11.1. The minimum Gasteiger partial charge on any atom is -0.298 e. The lowest BCUT2D eigenvalue weighted by Crippen LogP contribution is -2.50. The molecule has 1 heterocycles. The maximum atomic E-state index is 11.9. The molecule has 0 aromatic heterocycles. The van der Waals surface area contributed by atoms with E-state index in [0.29, 0.717) is 11.8 Å². The summed E-state index contributed by atoms with van der Waals surface area (Å²) in [4.78, 5) is 14.4. The summed E-state index contributed by atoms with van der Waals surface area (Å²) in [7, 11) is 0. The third-order valence-corrected chi connectivity index (χ3v) is 4.11. The highest BCUT2D eigenvalue weighted by Crippen LogP contribution is 2.28. The molecule has 0 aromatic carbocycles. The van der Waals surface area contributed by atoms with Gasteiger partial charge in [0.05, 0.1) is 6.04 Å². The smallest absolute Gasteiger partial charge is 0.149 e. The molecule has 0 N–H and O–H groups in total. The lowest BCUT2D eigenvalue weighted by atomic mass is 9.87. The maximum Gasteiger partial charge on any atom is 0.149 e. The van der Waals surface area contributed by atoms with Crippen molar-refractivity contribution in [3.8, 4) is 0 Å². The Kier molecular flexibility index (Phi) is 3.45. The number of likely N-dealkylation sites (tertiary alicyclic amines) is 1. The van der Waals surface area contributed by atoms with Crippen LogP contribution < -0.4 is 0 Å². The number of hydrogen-bond donors (Lipinski definition) is 0. The van der Waals surface area contributed by atoms with Crippen LogP contribution in [0.5, 0.6) is 0 Å². The molecule has 3 unspecified atom stereocenters. The summed E-state index contributed by atoms with van der Waals surface area (Å²) >= 11 is 0. The first-order valence-corrected chi connectivity index (χ1v) is 6.47. The van der Waals surface area contributed by atoms with Gasteiger partial charge in [0.25, 0.3) is 0 Å². The Bertz CT molecular complexity index is 239. The number of hydrogen-bond acceptors (Lipinski definition) is 2. The zero-order valence-corrected chi connectivity index (χ0v) is 10.0. The summed E-state index contributed by atoms with van der Waals surface area (Å²) in [6.07, 6.45) is 6.84. The highest BCUT2D eigenvalue weighted by Gasteiger charge is 2.33. The average molecular weight is 209 g/mol. The summed E-state index contributed by atoms with van der Waals surface area (Å²) in [5, 5.41) is 0. The van der Waals surface area contributed by atoms with Gasteiger partial charge in [-0.1, -0.05) is 13.3 Å². The van der Waals surface area contributed by atoms with Crippen LogP contribution >= 0.6 is 0 Å². The Labute approximate surface area is 93.0 Å². The highest BCUT2D eigenvalue weighted by atomic mass is 16.1. The van der Waals surface area contributed by atoms with Crippen LogP contribution in [0.15, 0.2) is 0 Å². The second kappa shape index (κ2) is 4.65. The lowest BCUT2D eigenvalue weighted by Gasteiger charge is -2.42. The van der Waals surface area contributed by atoms with E-state index in [0.717, 1.165) is 31.7 Å². The van der Waals surface area contributed by atoms with E-state index in [4.69, 9.17) is 0 Å². The van der Waals surface area contributed by atoms with Gasteiger partial charge >= 0.3 is 0 Å². The molecule has 3 atom stereocenters. The fourth-order valence-corrected chi connectivity index (χ4v) is 3.20. The number of rotatable bonds is 1. The Balaban J connectivity index is 1.99. The van der Waals surface area contributed by atoms with Crippen LogP contribution in [0.2, 0.25) is 0 Å². The zero-order valence-electron chi connectivity index (χ0n) is 10.0. The van der Waals surface area contributed by atoms with E-state index in [1.165, 1.54) is 19.3 Å². The molecule has 2 rings (SSSR count). The van der Waals surface area contributed by atoms with E-state index >= 15 is 0 Å². The molecule has 2 aliphatic rings. The SMILES string of the molecule is CC1CCN(C2CCCCC2=O)C(C)C1. The molecule has 1 aliphatic carbocycles. The summed E-state index contributed by atoms with van der Waals surface area (Å²) in [6, 6.07) is 0.877. The van der Waals surface area contributed by atoms with E-state index in [2.05, 4.69) is 18.7 Å². The van der Waals surface area contributed by atoms with E-state index < -0.39 is 0 Å². The van der Waals surface area contributed by atoms with Crippen LogP contribution in [0.1, 0.15) is 52.4 Å². The fraction of sp³-hybridized carbons (Fsp3) is 0.923. The Morgan fingerprint density at radius 3 is 2.67 bits per heavy atom. The Morgan fingerprint density at radius 1 is 1.20 bits per heavy atom. The summed E-state index contributed by atoms with van der Waals surface area (Å²) in [5.74, 6) is 1.34. The van der Waals surface area contributed by atoms with Gasteiger partial charge in [-0.3, -0.25) is 9.69 Å². The van der Waals surface area contributed by atoms with Crippen molar-refractivity contribution in [3.05, 3.63) is 0 Å². The first-order valence-electron chi connectivity index (χ1n) is 6.47. The summed E-state index contributed by atoms with van der Waals surface area (Å²) in [5.41, 5.74) is 0. The Hall–Kier alpha value is -0.370. The van der Waals surface area contributed by atoms with Crippen molar-refractivity contribution < 1.29 is 4.79 Å². The van der Waals surface area contributed by atoms with Crippen molar-refractivity contribution in [2.75, 3.05) is 6.54 Å². The normalized spacial score (nSPS) is 39.3. The molecule has 15 heavy (non-hydrogen) atoms. The van der Waals surface area contributed by atoms with Crippen LogP contribution in [0.25, 0.3) is 0 Å². The molecule has 1 aliphatic heterocycles. The van der Waals surface area contributed by atoms with Crippen LogP contribution in [0, 0.1) is 5.92 Å². The molecule has 0 radical (unpaired) electrons. The molecule has 0 bridgehead atoms. The van der Waals surface area contributed by atoms with Gasteiger partial charge in [0.15, 0.2) is 0 Å². The monoisotopic (exact) mass is 209 g/mol. The van der Waals surface area contributed by atoms with Crippen molar-refractivity contribution in [2.24, 2.45) is 5.92 Å². The predicted molar refractivity (Wildman–Crippen MR) is 61.8 cm³/mol. The van der Waals surface area contributed by atoms with Gasteiger partial charge in [-0.2, -0.15) is 0 Å². The third-order valence-electron chi connectivity index (χ3n) is 4.11. The molecule has 0 aromatic rings. The second-order valence-corrected chi connectivity index (χ2v) is 5.44. The van der Waals surface area contributed by atoms with Crippen LogP contribution in [0.3, 0.4) is 0 Å². The van der Waals surface area contributed by atoms with Crippen molar-refractivity contribution in [2.45, 2.75) is 64.5 Å². The summed E-state index contributed by atoms with van der Waals surface area (Å²) in [6.45, 7) is 5.76. The molecule has 2 heteroatoms. The molecule has 2 nitrogen and oxygen atoms in total. The molecular formula is C13H23NO. The van der Waals surface area contributed by atoms with Gasteiger partial charge in [0.2, 0.25) is 0 Å². The highest BCUT2D eigenvalue weighted by molar-refractivity contribution is 5.84. The van der Waals surface area contributed by atoms with E-state index in [1.54, 1.807) is 0 Å². The minimum atomic E-state index is 0.265. The van der Waals surface area contributed by atoms with Crippen molar-refractivity contribution in [3.63, 3.8) is 0 Å². The number of carbonyl (C=O) groups excluding carboxylic acids is 1. The molecule has 0 amide bonds. The van der Waals surface area contributed by atoms with Crippen molar-refractivity contribution in [1.82, 2.24) is 4.90 Å². The van der Waals surface area contributed by atoms with Crippen LogP contribution in [0.4, 0.5) is 0 Å². The largest absolute Gasteiger partial charge is 0.298 e. The number of carbonyl (C=O) groups is 1. The van der Waals surface area contributed by atoms with Gasteiger partial charge in [-0.25, -0.2) is 0 Å². The third kappa shape index (κ3) is 2.41. The molecule has 1 saturated carbocycles. The molecule has 0 spiro atoms. The molecule has 1 saturated heterocycles. The van der Waals surface area contributed by atoms with Crippen LogP contribution in [-0.4, -0.2) is 29.3 Å². The number of ketones is 1. The number of nitrogens with zero attached hydrogens (tertiary/aromatic N) is 1. The van der Waals surface area contributed by atoms with Gasteiger partial charge < -0.3 is 0 Å². The van der Waals surface area contributed by atoms with Gasteiger partial charge in [-0.15, -0.1) is 0 Å². The quantitative estimate of drug-likeness (QED) is 0.661. The van der Waals surface area contributed by atoms with Gasteiger partial charge in [0.1, 0.15) is 5.78 Å². The van der Waals surface area contributed by atoms with Crippen LogP contribution in [-0.2, 0) is 4.79 Å². The summed E-state index contributed by atoms with van der Waals surface area (Å²) < 4.78 is 0. The molecule has 2 fully saturated rings. The number of Topliss-reactive ketones (excluding diaryl/α,β-unsaturated/α-hetero) is 1. The van der Waals surface area contributed by atoms with Crippen molar-refractivity contribution >= 4 is 5.78 Å². The lowest BCUT2D eigenvalue weighted by molar-refractivity contribution is -0.128. The van der Waals surface area contributed by atoms with E-state index in [9.17, 15) is 4.79 Å². The van der Waals surface area contributed by atoms with Gasteiger partial charge in [-0.05, 0) is 45.1 Å². The van der Waals surface area contributed by atoms with Gasteiger partial charge in [0, 0.05) is 12.5 Å². The average Bonchev–Trinajstić information content (AvgIpc) is 2.20. The van der Waals surface area contributed by atoms with E-state index in [1.807, 2.05) is 0 Å². The fourth-order valence-electron chi connectivity index (χ4n) is 3.20. The first-order chi connectivity index (χ1) is 7.18. The maximum absolute atomic E-state index is 11.9. The standard InChI is InChI=1S/C13H23NO/c1-10-7-8-14(11(2)9-10)12-5-3-4-6-13(12)15/h10-12H,3-9H2,1-2H3. The Morgan fingerprint density at radius 2 is 2.00 bits per heavy atom. The topological polar surface area (TPSA) is 20.3 Å². The number of piperidine rings is 1. The zero-order chi connectivity index (χ0) is 10.8. The van der Waals surface area contributed by atoms with E-state index in [-0.39, 0.29) is 6.04 Å². The minimum absolute atomic E-state index is 0.265. The predicted octanol–water partition coefficient (Wildman–Crippen LogP) is 2.62.